The zero-order chi connectivity index (χ0) is 55.7. The van der Waals surface area contributed by atoms with Gasteiger partial charge in [-0.3, -0.25) is 14.4 Å². The zero-order valence-corrected chi connectivity index (χ0v) is 49.9. The van der Waals surface area contributed by atoms with Crippen LogP contribution in [0.2, 0.25) is 0 Å². The monoisotopic (exact) mass is 1060 g/mol. The standard InChI is InChI=1S/C71H116O6/c1-4-7-10-13-16-18-20-22-24-26-28-30-32-34-35-37-38-40-42-44-46-48-50-52-55-58-61-64-70(73)76-67-68(66-75-69(72)63-60-57-54-15-12-9-6-3)77-71(74)65-62-59-56-53-51-49-47-45-43-41-39-36-33-31-29-27-25-23-21-19-17-14-11-8-5-2/h7-8,10-11,16-19,22-25,28-31,34-35,38,40,44,46,68H,4-6,9,12-15,20-21,26-27,32-33,36-37,39,41-43,45,47-67H2,1-3H3/b10-7-,11-8-,18-16-,19-17-,24-22-,25-23-,30-28-,31-29-,35-34-,40-38-,46-44-. The van der Waals surface area contributed by atoms with Crippen LogP contribution >= 0.6 is 0 Å². The number of ether oxygens (including phenoxy) is 3. The molecule has 0 rings (SSSR count). The van der Waals surface area contributed by atoms with E-state index >= 15 is 0 Å². The highest BCUT2D eigenvalue weighted by atomic mass is 16.6. The van der Waals surface area contributed by atoms with Crippen molar-refractivity contribution in [3.05, 3.63) is 134 Å². The molecule has 0 aromatic carbocycles. The lowest BCUT2D eigenvalue weighted by atomic mass is 10.0. The first-order valence-electron chi connectivity index (χ1n) is 31.7. The lowest BCUT2D eigenvalue weighted by molar-refractivity contribution is -0.167. The summed E-state index contributed by atoms with van der Waals surface area (Å²) in [5.74, 6) is -0.915. The molecular formula is C71H116O6. The van der Waals surface area contributed by atoms with Crippen LogP contribution in [0, 0.1) is 0 Å². The van der Waals surface area contributed by atoms with Gasteiger partial charge in [-0.1, -0.05) is 276 Å². The normalized spacial score (nSPS) is 13.0. The van der Waals surface area contributed by atoms with Crippen LogP contribution in [0.25, 0.3) is 0 Å². The van der Waals surface area contributed by atoms with Gasteiger partial charge in [0.15, 0.2) is 6.10 Å². The van der Waals surface area contributed by atoms with Crippen LogP contribution in [0.4, 0.5) is 0 Å². The van der Waals surface area contributed by atoms with E-state index in [9.17, 15) is 14.4 Å². The second-order valence-electron chi connectivity index (χ2n) is 20.6. The maximum Gasteiger partial charge on any atom is 0.306 e. The minimum atomic E-state index is -0.789. The summed E-state index contributed by atoms with van der Waals surface area (Å²) in [6.45, 7) is 6.36. The molecule has 0 bridgehead atoms. The van der Waals surface area contributed by atoms with Gasteiger partial charge >= 0.3 is 17.9 Å². The van der Waals surface area contributed by atoms with E-state index in [4.69, 9.17) is 14.2 Å². The van der Waals surface area contributed by atoms with Crippen molar-refractivity contribution >= 4 is 17.9 Å². The summed E-state index contributed by atoms with van der Waals surface area (Å²) in [5, 5.41) is 0. The molecule has 0 heterocycles. The highest BCUT2D eigenvalue weighted by Gasteiger charge is 2.19. The molecule has 0 aromatic heterocycles. The lowest BCUT2D eigenvalue weighted by Crippen LogP contribution is -2.30. The van der Waals surface area contributed by atoms with Crippen LogP contribution in [0.1, 0.15) is 278 Å². The van der Waals surface area contributed by atoms with Crippen molar-refractivity contribution in [1.29, 1.82) is 0 Å². The summed E-state index contributed by atoms with van der Waals surface area (Å²) >= 11 is 0. The second kappa shape index (κ2) is 64.1. The number of rotatable bonds is 56. The first kappa shape index (κ1) is 72.5. The number of carbonyl (C=O) groups excluding carboxylic acids is 3. The third-order valence-electron chi connectivity index (χ3n) is 13.2. The summed E-state index contributed by atoms with van der Waals surface area (Å²) < 4.78 is 16.8. The van der Waals surface area contributed by atoms with E-state index in [1.807, 2.05) is 0 Å². The Morgan fingerprint density at radius 1 is 0.273 bits per heavy atom. The predicted octanol–water partition coefficient (Wildman–Crippen LogP) is 21.8. The molecule has 0 spiro atoms. The van der Waals surface area contributed by atoms with E-state index < -0.39 is 6.10 Å². The van der Waals surface area contributed by atoms with Crippen molar-refractivity contribution in [2.45, 2.75) is 284 Å². The van der Waals surface area contributed by atoms with Gasteiger partial charge in [-0.25, -0.2) is 0 Å². The number of hydrogen-bond donors (Lipinski definition) is 0. The van der Waals surface area contributed by atoms with Crippen molar-refractivity contribution in [2.75, 3.05) is 13.2 Å². The van der Waals surface area contributed by atoms with Crippen LogP contribution in [-0.4, -0.2) is 37.2 Å². The quantitative estimate of drug-likeness (QED) is 0.0261. The van der Waals surface area contributed by atoms with Gasteiger partial charge in [0, 0.05) is 19.3 Å². The molecule has 6 heteroatoms. The van der Waals surface area contributed by atoms with Gasteiger partial charge in [-0.15, -0.1) is 0 Å². The van der Waals surface area contributed by atoms with Crippen LogP contribution in [0.15, 0.2) is 134 Å². The number of hydrogen-bond acceptors (Lipinski definition) is 6. The molecule has 0 saturated heterocycles. The van der Waals surface area contributed by atoms with Crippen molar-refractivity contribution in [1.82, 2.24) is 0 Å². The molecule has 0 N–H and O–H groups in total. The summed E-state index contributed by atoms with van der Waals surface area (Å²) in [6, 6.07) is 0. The molecule has 0 aromatic rings. The summed E-state index contributed by atoms with van der Waals surface area (Å²) in [5.41, 5.74) is 0. The van der Waals surface area contributed by atoms with E-state index in [1.165, 1.54) is 89.9 Å². The molecule has 0 aliphatic rings. The second-order valence-corrected chi connectivity index (χ2v) is 20.6. The molecule has 0 radical (unpaired) electrons. The molecular weight excluding hydrogens is 949 g/mol. The van der Waals surface area contributed by atoms with Crippen molar-refractivity contribution in [3.8, 4) is 0 Å². The van der Waals surface area contributed by atoms with Crippen LogP contribution in [0.3, 0.4) is 0 Å². The van der Waals surface area contributed by atoms with E-state index in [1.54, 1.807) is 0 Å². The largest absolute Gasteiger partial charge is 0.462 e. The predicted molar refractivity (Wildman–Crippen MR) is 334 cm³/mol. The number of unbranched alkanes of at least 4 members (excludes halogenated alkanes) is 23. The van der Waals surface area contributed by atoms with Crippen molar-refractivity contribution in [3.63, 3.8) is 0 Å². The van der Waals surface area contributed by atoms with Gasteiger partial charge < -0.3 is 14.2 Å². The highest BCUT2D eigenvalue weighted by Crippen LogP contribution is 2.15. The Morgan fingerprint density at radius 3 is 0.792 bits per heavy atom. The van der Waals surface area contributed by atoms with Crippen LogP contribution in [-0.2, 0) is 28.6 Å². The van der Waals surface area contributed by atoms with Crippen molar-refractivity contribution in [2.24, 2.45) is 0 Å². The fourth-order valence-corrected chi connectivity index (χ4v) is 8.47. The third kappa shape index (κ3) is 62.3. The molecule has 77 heavy (non-hydrogen) atoms. The molecule has 1 unspecified atom stereocenters. The van der Waals surface area contributed by atoms with Gasteiger partial charge in [-0.2, -0.15) is 0 Å². The smallest absolute Gasteiger partial charge is 0.306 e. The Hall–Kier alpha value is -4.45. The molecule has 1 atom stereocenters. The lowest BCUT2D eigenvalue weighted by Gasteiger charge is -2.18. The first-order valence-corrected chi connectivity index (χ1v) is 31.7. The van der Waals surface area contributed by atoms with Crippen LogP contribution in [0.5, 0.6) is 0 Å². The van der Waals surface area contributed by atoms with Gasteiger partial charge in [0.2, 0.25) is 0 Å². The highest BCUT2D eigenvalue weighted by molar-refractivity contribution is 5.71. The molecule has 436 valence electrons. The van der Waals surface area contributed by atoms with Gasteiger partial charge in [-0.05, 0) is 116 Å². The van der Waals surface area contributed by atoms with E-state index in [-0.39, 0.29) is 31.1 Å². The number of carbonyl (C=O) groups is 3. The summed E-state index contributed by atoms with van der Waals surface area (Å²) in [7, 11) is 0. The van der Waals surface area contributed by atoms with Gasteiger partial charge in [0.05, 0.1) is 0 Å². The topological polar surface area (TPSA) is 78.9 Å². The van der Waals surface area contributed by atoms with Crippen LogP contribution < -0.4 is 0 Å². The number of allylic oxidation sites excluding steroid dienone is 22. The van der Waals surface area contributed by atoms with Gasteiger partial charge in [0.1, 0.15) is 13.2 Å². The van der Waals surface area contributed by atoms with E-state index in [0.717, 1.165) is 148 Å². The SMILES string of the molecule is CC/C=C\C/C=C\C/C=C\C/C=C\C/C=C\C/C=C\C/C=C\CCCCCCCC(=O)OCC(COC(=O)CCCCCCCCC)OC(=O)CCCCCCCCCCCCCC/C=C\C/C=C\C/C=C\C/C=C\CC. The molecule has 6 nitrogen and oxygen atoms in total. The fraction of sp³-hybridized carbons (Fsp3) is 0.648. The zero-order valence-electron chi connectivity index (χ0n) is 49.9. The number of esters is 3. The Kier molecular flexibility index (Phi) is 60.4. The Bertz CT molecular complexity index is 1650. The molecule has 0 fully saturated rings. The Morgan fingerprint density at radius 2 is 0.506 bits per heavy atom. The first-order chi connectivity index (χ1) is 38.0. The maximum atomic E-state index is 12.9. The minimum Gasteiger partial charge on any atom is -0.462 e. The average Bonchev–Trinajstić information content (AvgIpc) is 3.43. The molecule has 0 amide bonds. The Balaban J connectivity index is 4.22. The molecule has 0 saturated carbocycles. The third-order valence-corrected chi connectivity index (χ3v) is 13.2. The van der Waals surface area contributed by atoms with Crippen molar-refractivity contribution < 1.29 is 28.6 Å². The van der Waals surface area contributed by atoms with E-state index in [0.29, 0.717) is 19.3 Å². The Labute approximate surface area is 475 Å². The molecule has 0 aliphatic carbocycles. The fourth-order valence-electron chi connectivity index (χ4n) is 8.47. The van der Waals surface area contributed by atoms with Gasteiger partial charge in [0.25, 0.3) is 0 Å². The minimum absolute atomic E-state index is 0.0871. The average molecular weight is 1070 g/mol. The maximum absolute atomic E-state index is 12.9. The summed E-state index contributed by atoms with van der Waals surface area (Å²) in [4.78, 5) is 38.1. The summed E-state index contributed by atoms with van der Waals surface area (Å²) in [6.07, 6.45) is 90.5. The van der Waals surface area contributed by atoms with E-state index in [2.05, 4.69) is 154 Å². The molecule has 0 aliphatic heterocycles.